The summed E-state index contributed by atoms with van der Waals surface area (Å²) in [4.78, 5) is 12.3. The summed E-state index contributed by atoms with van der Waals surface area (Å²) in [6.45, 7) is 2.85. The molecule has 130 valence electrons. The van der Waals surface area contributed by atoms with Crippen molar-refractivity contribution in [3.8, 4) is 11.5 Å². The van der Waals surface area contributed by atoms with Crippen LogP contribution in [0.4, 0.5) is 0 Å². The van der Waals surface area contributed by atoms with Gasteiger partial charge in [-0.25, -0.2) is 0 Å². The molecule has 2 aromatic heterocycles. The Morgan fingerprint density at radius 3 is 2.88 bits per heavy atom. The van der Waals surface area contributed by atoms with Gasteiger partial charge in [0.25, 0.3) is 5.91 Å². The van der Waals surface area contributed by atoms with Crippen molar-refractivity contribution in [2.24, 2.45) is 0 Å². The molecule has 0 atom stereocenters. The third-order valence-corrected chi connectivity index (χ3v) is 3.74. The van der Waals surface area contributed by atoms with E-state index < -0.39 is 0 Å². The number of nitrogens with zero attached hydrogens (tertiary/aromatic N) is 3. The topological polar surface area (TPSA) is 77.8 Å². The fraction of sp³-hybridized carbons (Fsp3) is 0.278. The maximum absolute atomic E-state index is 12.3. The molecule has 1 N–H and O–H groups in total. The van der Waals surface area contributed by atoms with Crippen molar-refractivity contribution >= 4 is 11.6 Å². The van der Waals surface area contributed by atoms with Gasteiger partial charge in [-0.1, -0.05) is 6.07 Å². The molecule has 0 aliphatic rings. The van der Waals surface area contributed by atoms with E-state index in [1.54, 1.807) is 25.3 Å². The number of aromatic nitrogens is 3. The normalized spacial score (nSPS) is 10.6. The zero-order valence-corrected chi connectivity index (χ0v) is 14.2. The number of benzene rings is 1. The molecule has 0 saturated heterocycles. The van der Waals surface area contributed by atoms with Gasteiger partial charge < -0.3 is 14.8 Å². The van der Waals surface area contributed by atoms with Crippen LogP contribution in [0.15, 0.2) is 42.6 Å². The van der Waals surface area contributed by atoms with E-state index in [1.165, 1.54) is 0 Å². The molecule has 0 fully saturated rings. The highest BCUT2D eigenvalue weighted by molar-refractivity contribution is 5.94. The number of amides is 1. The van der Waals surface area contributed by atoms with Crippen LogP contribution in [0, 0.1) is 0 Å². The molecule has 3 aromatic rings. The molecule has 25 heavy (non-hydrogen) atoms. The highest BCUT2D eigenvalue weighted by Crippen LogP contribution is 2.27. The predicted octanol–water partition coefficient (Wildman–Crippen LogP) is 2.11. The molecule has 7 heteroatoms. The van der Waals surface area contributed by atoms with Crippen molar-refractivity contribution in [3.63, 3.8) is 0 Å². The highest BCUT2D eigenvalue weighted by atomic mass is 16.5. The molecule has 0 radical (unpaired) electrons. The number of carbonyl (C=O) groups is 1. The van der Waals surface area contributed by atoms with Gasteiger partial charge >= 0.3 is 0 Å². The first-order valence-electron chi connectivity index (χ1n) is 8.10. The molecular weight excluding hydrogens is 320 g/mol. The smallest absolute Gasteiger partial charge is 0.251 e. The van der Waals surface area contributed by atoms with Gasteiger partial charge in [-0.05, 0) is 37.3 Å². The number of hydrogen-bond donors (Lipinski definition) is 1. The summed E-state index contributed by atoms with van der Waals surface area (Å²) >= 11 is 0. The summed E-state index contributed by atoms with van der Waals surface area (Å²) in [5, 5.41) is 11.1. The van der Waals surface area contributed by atoms with Crippen LogP contribution in [-0.2, 0) is 6.42 Å². The number of hydrogen-bond acceptors (Lipinski definition) is 5. The van der Waals surface area contributed by atoms with Gasteiger partial charge in [0.15, 0.2) is 17.1 Å². The first kappa shape index (κ1) is 16.8. The summed E-state index contributed by atoms with van der Waals surface area (Å²) in [6, 6.07) is 10.8. The zero-order valence-electron chi connectivity index (χ0n) is 14.2. The van der Waals surface area contributed by atoms with E-state index in [4.69, 9.17) is 9.47 Å². The first-order valence-corrected chi connectivity index (χ1v) is 8.10. The van der Waals surface area contributed by atoms with Gasteiger partial charge in [0, 0.05) is 24.7 Å². The van der Waals surface area contributed by atoms with Gasteiger partial charge in [-0.3, -0.25) is 9.20 Å². The number of fused-ring (bicyclic) bond motifs is 1. The van der Waals surface area contributed by atoms with E-state index in [1.807, 2.05) is 35.7 Å². The van der Waals surface area contributed by atoms with E-state index >= 15 is 0 Å². The number of ether oxygens (including phenoxy) is 2. The average molecular weight is 340 g/mol. The largest absolute Gasteiger partial charge is 0.493 e. The Hall–Kier alpha value is -3.09. The quantitative estimate of drug-likeness (QED) is 0.713. The van der Waals surface area contributed by atoms with Crippen LogP contribution in [0.1, 0.15) is 23.1 Å². The molecule has 0 unspecified atom stereocenters. The van der Waals surface area contributed by atoms with Crippen LogP contribution in [-0.4, -0.2) is 40.8 Å². The zero-order chi connectivity index (χ0) is 17.6. The fourth-order valence-corrected chi connectivity index (χ4v) is 2.54. The van der Waals surface area contributed by atoms with E-state index in [-0.39, 0.29) is 5.91 Å². The summed E-state index contributed by atoms with van der Waals surface area (Å²) in [7, 11) is 1.57. The molecule has 0 aliphatic heterocycles. The Balaban J connectivity index is 1.63. The number of nitrogens with one attached hydrogen (secondary N) is 1. The Morgan fingerprint density at radius 1 is 1.20 bits per heavy atom. The molecule has 1 amide bonds. The second kappa shape index (κ2) is 7.65. The third kappa shape index (κ3) is 3.71. The van der Waals surface area contributed by atoms with Crippen molar-refractivity contribution in [1.82, 2.24) is 19.9 Å². The van der Waals surface area contributed by atoms with E-state index in [9.17, 15) is 4.79 Å². The maximum atomic E-state index is 12.3. The Kier molecular flexibility index (Phi) is 5.13. The minimum absolute atomic E-state index is 0.169. The summed E-state index contributed by atoms with van der Waals surface area (Å²) in [6.07, 6.45) is 2.50. The lowest BCUT2D eigenvalue weighted by Gasteiger charge is -2.11. The predicted molar refractivity (Wildman–Crippen MR) is 93.2 cm³/mol. The van der Waals surface area contributed by atoms with Crippen molar-refractivity contribution in [2.75, 3.05) is 20.3 Å². The molecule has 0 bridgehead atoms. The molecule has 2 heterocycles. The monoisotopic (exact) mass is 340 g/mol. The van der Waals surface area contributed by atoms with Gasteiger partial charge in [-0.2, -0.15) is 0 Å². The second-order valence-corrected chi connectivity index (χ2v) is 5.35. The molecular formula is C18H20N4O3. The average Bonchev–Trinajstić information content (AvgIpc) is 3.05. The second-order valence-electron chi connectivity index (χ2n) is 5.35. The molecule has 1 aromatic carbocycles. The van der Waals surface area contributed by atoms with Gasteiger partial charge in [0.1, 0.15) is 5.82 Å². The summed E-state index contributed by atoms with van der Waals surface area (Å²) < 4.78 is 12.6. The Labute approximate surface area is 145 Å². The maximum Gasteiger partial charge on any atom is 0.251 e. The van der Waals surface area contributed by atoms with Crippen molar-refractivity contribution < 1.29 is 14.3 Å². The van der Waals surface area contributed by atoms with Gasteiger partial charge in [0.2, 0.25) is 0 Å². The lowest BCUT2D eigenvalue weighted by molar-refractivity contribution is 0.0953. The number of methoxy groups -OCH3 is 1. The Morgan fingerprint density at radius 2 is 2.08 bits per heavy atom. The summed E-state index contributed by atoms with van der Waals surface area (Å²) in [5.41, 5.74) is 1.32. The van der Waals surface area contributed by atoms with Crippen molar-refractivity contribution in [2.45, 2.75) is 13.3 Å². The van der Waals surface area contributed by atoms with Crippen LogP contribution in [0.25, 0.3) is 5.65 Å². The molecule has 7 nitrogen and oxygen atoms in total. The summed E-state index contributed by atoms with van der Waals surface area (Å²) in [5.74, 6) is 1.80. The fourth-order valence-electron chi connectivity index (χ4n) is 2.54. The minimum Gasteiger partial charge on any atom is -0.493 e. The van der Waals surface area contributed by atoms with Gasteiger partial charge in [0.05, 0.1) is 13.7 Å². The van der Waals surface area contributed by atoms with Crippen LogP contribution >= 0.6 is 0 Å². The van der Waals surface area contributed by atoms with Crippen LogP contribution in [0.5, 0.6) is 11.5 Å². The first-order chi connectivity index (χ1) is 12.2. The number of carbonyl (C=O) groups excluding carboxylic acids is 1. The van der Waals surface area contributed by atoms with E-state index in [0.717, 1.165) is 11.5 Å². The SMILES string of the molecule is CCOc1cc(C(=O)NCCc2nnc3ccccn23)ccc1OC. The van der Waals surface area contributed by atoms with Crippen molar-refractivity contribution in [3.05, 3.63) is 54.0 Å². The highest BCUT2D eigenvalue weighted by Gasteiger charge is 2.11. The lowest BCUT2D eigenvalue weighted by atomic mass is 10.2. The van der Waals surface area contributed by atoms with Gasteiger partial charge in [-0.15, -0.1) is 10.2 Å². The molecule has 0 saturated carbocycles. The standard InChI is InChI=1S/C18H20N4O3/c1-3-25-15-12-13(7-8-14(15)24-2)18(23)19-10-9-17-21-20-16-6-4-5-11-22(16)17/h4-8,11-12H,3,9-10H2,1-2H3,(H,19,23). The van der Waals surface area contributed by atoms with Crippen molar-refractivity contribution in [1.29, 1.82) is 0 Å². The van der Waals surface area contributed by atoms with E-state index in [0.29, 0.717) is 36.6 Å². The molecule has 3 rings (SSSR count). The molecule has 0 spiro atoms. The van der Waals surface area contributed by atoms with Crippen LogP contribution in [0.2, 0.25) is 0 Å². The minimum atomic E-state index is -0.169. The number of rotatable bonds is 7. The third-order valence-electron chi connectivity index (χ3n) is 3.74. The van der Waals surface area contributed by atoms with E-state index in [2.05, 4.69) is 15.5 Å². The van der Waals surface area contributed by atoms with Crippen LogP contribution in [0.3, 0.4) is 0 Å². The number of pyridine rings is 1. The van der Waals surface area contributed by atoms with Crippen LogP contribution < -0.4 is 14.8 Å². The lowest BCUT2D eigenvalue weighted by Crippen LogP contribution is -2.26. The Bertz CT molecular complexity index is 876. The molecule has 0 aliphatic carbocycles.